The molecule has 0 bridgehead atoms. The van der Waals surface area contributed by atoms with Crippen LogP contribution < -0.4 is 0 Å². The van der Waals surface area contributed by atoms with Gasteiger partial charge in [0, 0.05) is 101 Å². The van der Waals surface area contributed by atoms with Gasteiger partial charge in [-0.2, -0.15) is 21.6 Å². The van der Waals surface area contributed by atoms with E-state index in [0.29, 0.717) is 0 Å². The van der Waals surface area contributed by atoms with Crippen molar-refractivity contribution in [1.29, 1.82) is 0 Å². The first-order valence-corrected chi connectivity index (χ1v) is 13.9. The molecule has 0 aliphatic carbocycles. The van der Waals surface area contributed by atoms with Crippen LogP contribution in [0.3, 0.4) is 0 Å². The molecule has 0 spiro atoms. The third-order valence-electron chi connectivity index (χ3n) is 5.77. The Balaban J connectivity index is 0. The first-order valence-electron chi connectivity index (χ1n) is 13.9. The number of aromatic nitrogens is 4. The van der Waals surface area contributed by atoms with Gasteiger partial charge in [-0.25, -0.2) is 0 Å². The molecular weight excluding hydrogens is 919 g/mol. The molecule has 0 radical (unpaired) electrons. The molecule has 0 saturated carbocycles. The van der Waals surface area contributed by atoms with Crippen LogP contribution in [0.4, 0.5) is 0 Å². The molecule has 0 amide bonds. The van der Waals surface area contributed by atoms with E-state index in [0.717, 1.165) is 11.4 Å². The van der Waals surface area contributed by atoms with Crippen molar-refractivity contribution in [3.05, 3.63) is 84.9 Å². The number of allylic oxidation sites excluding steroid dienone is 4. The minimum absolute atomic E-state index is 0. The molecule has 44 heavy (non-hydrogen) atoms. The summed E-state index contributed by atoms with van der Waals surface area (Å²) >= 11 is 0. The summed E-state index contributed by atoms with van der Waals surface area (Å²) in [6.45, 7) is 22.2. The number of carbonyl (C=O) groups is 2. The SMILES string of the molecule is CC(C)(C)C(=O)/C=C(\O)C(C)(C)C.CC(C)(C)C(=O)/C=C(\O)C(C)(C)C.[Pt].[Pt].[c-]1cc(-n2cccn2)[c-]cc1-n1cccn1. The summed E-state index contributed by atoms with van der Waals surface area (Å²) in [5, 5.41) is 27.4. The average molecular weight is 967 g/mol. The summed E-state index contributed by atoms with van der Waals surface area (Å²) in [5.74, 6) is 0.208. The second-order valence-electron chi connectivity index (χ2n) is 14.0. The second kappa shape index (κ2) is 17.8. The fraction of sp³-hybridized carbons (Fsp3) is 0.471. The zero-order valence-electron chi connectivity index (χ0n) is 27.9. The maximum absolute atomic E-state index is 11.5. The molecule has 1 aromatic carbocycles. The third-order valence-corrected chi connectivity index (χ3v) is 5.77. The van der Waals surface area contributed by atoms with E-state index in [1.807, 2.05) is 120 Å². The molecule has 3 aromatic rings. The summed E-state index contributed by atoms with van der Waals surface area (Å²) in [6, 6.07) is 13.7. The summed E-state index contributed by atoms with van der Waals surface area (Å²) in [7, 11) is 0. The molecule has 3 rings (SSSR count). The number of aliphatic hydroxyl groups is 2. The molecule has 0 saturated heterocycles. The third kappa shape index (κ3) is 15.4. The summed E-state index contributed by atoms with van der Waals surface area (Å²) in [5.41, 5.74) is 0.196. The van der Waals surface area contributed by atoms with Gasteiger partial charge in [0.05, 0.1) is 0 Å². The summed E-state index contributed by atoms with van der Waals surface area (Å²) in [6.07, 6.45) is 9.87. The Morgan fingerprint density at radius 2 is 0.909 bits per heavy atom. The van der Waals surface area contributed by atoms with Gasteiger partial charge in [-0.3, -0.25) is 33.9 Å². The van der Waals surface area contributed by atoms with Gasteiger partial charge in [-0.15, -0.1) is 0 Å². The minimum atomic E-state index is -0.417. The van der Waals surface area contributed by atoms with Crippen LogP contribution in [-0.2, 0) is 51.7 Å². The minimum Gasteiger partial charge on any atom is -0.512 e. The van der Waals surface area contributed by atoms with Gasteiger partial charge < -0.3 is 19.6 Å². The number of rotatable bonds is 4. The Morgan fingerprint density at radius 3 is 1.09 bits per heavy atom. The molecule has 2 N–H and O–H groups in total. The first kappa shape index (κ1) is 43.6. The number of ketones is 2. The predicted octanol–water partition coefficient (Wildman–Crippen LogP) is 7.83. The maximum Gasteiger partial charge on any atom is 0.164 e. The molecule has 10 heteroatoms. The molecule has 2 heterocycles. The molecule has 8 nitrogen and oxygen atoms in total. The monoisotopic (exact) mass is 966 g/mol. The van der Waals surface area contributed by atoms with E-state index in [9.17, 15) is 19.8 Å². The molecule has 0 unspecified atom stereocenters. The van der Waals surface area contributed by atoms with Crippen molar-refractivity contribution < 1.29 is 61.9 Å². The van der Waals surface area contributed by atoms with E-state index in [2.05, 4.69) is 22.3 Å². The smallest absolute Gasteiger partial charge is 0.164 e. The molecular formula is C34H48N4O4Pt2-2. The van der Waals surface area contributed by atoms with E-state index in [4.69, 9.17) is 0 Å². The van der Waals surface area contributed by atoms with Crippen LogP contribution in [0.2, 0.25) is 0 Å². The van der Waals surface area contributed by atoms with Gasteiger partial charge in [-0.1, -0.05) is 83.1 Å². The maximum atomic E-state index is 11.5. The Morgan fingerprint density at radius 1 is 0.614 bits per heavy atom. The van der Waals surface area contributed by atoms with Crippen molar-refractivity contribution in [1.82, 2.24) is 19.6 Å². The van der Waals surface area contributed by atoms with Crippen molar-refractivity contribution >= 4 is 11.6 Å². The van der Waals surface area contributed by atoms with E-state index in [1.54, 1.807) is 21.8 Å². The number of benzene rings is 1. The molecule has 2 aromatic heterocycles. The molecule has 250 valence electrons. The predicted molar refractivity (Wildman–Crippen MR) is 168 cm³/mol. The van der Waals surface area contributed by atoms with E-state index >= 15 is 0 Å². The zero-order chi connectivity index (χ0) is 32.5. The van der Waals surface area contributed by atoms with Gasteiger partial charge in [-0.05, 0) is 12.1 Å². The summed E-state index contributed by atoms with van der Waals surface area (Å²) < 4.78 is 3.48. The second-order valence-corrected chi connectivity index (χ2v) is 14.0. The molecule has 0 atom stereocenters. The number of hydrogen-bond donors (Lipinski definition) is 2. The number of aliphatic hydroxyl groups excluding tert-OH is 2. The topological polar surface area (TPSA) is 110 Å². The Bertz CT molecular complexity index is 1230. The van der Waals surface area contributed by atoms with Crippen LogP contribution in [0.25, 0.3) is 11.4 Å². The Kier molecular flexibility index (Phi) is 17.6. The quantitative estimate of drug-likeness (QED) is 0.157. The number of hydrogen-bond acceptors (Lipinski definition) is 6. The number of carbonyl (C=O) groups excluding carboxylic acids is 2. The van der Waals surface area contributed by atoms with Crippen LogP contribution >= 0.6 is 0 Å². The van der Waals surface area contributed by atoms with E-state index < -0.39 is 10.8 Å². The molecule has 0 aliphatic rings. The van der Waals surface area contributed by atoms with Crippen LogP contribution in [0.15, 0.2) is 72.7 Å². The fourth-order valence-electron chi connectivity index (χ4n) is 2.57. The zero-order valence-corrected chi connectivity index (χ0v) is 32.5. The van der Waals surface area contributed by atoms with Gasteiger partial charge in [0.15, 0.2) is 11.6 Å². The van der Waals surface area contributed by atoms with Crippen LogP contribution in [0, 0.1) is 33.8 Å². The summed E-state index contributed by atoms with van der Waals surface area (Å²) in [4.78, 5) is 23.0. The number of nitrogens with zero attached hydrogens (tertiary/aromatic N) is 4. The normalized spacial score (nSPS) is 12.4. The van der Waals surface area contributed by atoms with Crippen molar-refractivity contribution in [2.24, 2.45) is 21.7 Å². The van der Waals surface area contributed by atoms with Crippen molar-refractivity contribution in [3.8, 4) is 11.4 Å². The Labute approximate surface area is 292 Å². The molecule has 0 aliphatic heterocycles. The van der Waals surface area contributed by atoms with Gasteiger partial charge in [0.2, 0.25) is 0 Å². The van der Waals surface area contributed by atoms with Crippen molar-refractivity contribution in [2.45, 2.75) is 83.1 Å². The largest absolute Gasteiger partial charge is 0.512 e. The van der Waals surface area contributed by atoms with Crippen LogP contribution in [0.5, 0.6) is 0 Å². The van der Waals surface area contributed by atoms with Gasteiger partial charge >= 0.3 is 0 Å². The van der Waals surface area contributed by atoms with E-state index in [-0.39, 0.29) is 76.0 Å². The van der Waals surface area contributed by atoms with Crippen LogP contribution in [-0.4, -0.2) is 41.3 Å². The average Bonchev–Trinajstić information content (AvgIpc) is 3.57. The van der Waals surface area contributed by atoms with Crippen molar-refractivity contribution in [2.75, 3.05) is 0 Å². The standard InChI is InChI=1S/C12H8N4.2C11H20O2.2Pt/c1-7-13-15(9-1)11-3-5-12(6-4-11)16-10-2-8-14-16;2*1-10(2,3)8(12)7-9(13)11(4,5)6;;/h1-3,6-10H;2*7,12H,1-6H3;;/q-2;;;;/b;2*8-7-;;. The molecule has 0 fully saturated rings. The van der Waals surface area contributed by atoms with Gasteiger partial charge in [0.25, 0.3) is 0 Å². The van der Waals surface area contributed by atoms with E-state index in [1.165, 1.54) is 12.2 Å². The van der Waals surface area contributed by atoms with Gasteiger partial charge in [0.1, 0.15) is 11.5 Å². The van der Waals surface area contributed by atoms with Crippen LogP contribution in [0.1, 0.15) is 83.1 Å². The Hall–Kier alpha value is -2.56. The van der Waals surface area contributed by atoms with Crippen molar-refractivity contribution in [3.63, 3.8) is 0 Å². The fourth-order valence-corrected chi connectivity index (χ4v) is 2.57. The first-order chi connectivity index (χ1) is 19.0.